The number of hydrogen-bond acceptors (Lipinski definition) is 6. The lowest BCUT2D eigenvalue weighted by Gasteiger charge is -2.19. The minimum absolute atomic E-state index is 0. The standard InChI is InChI=1S/C16H24N4O3.ClH/c1-10(17-2)9-13-18-14(23-19-13)7-8-20-15(21)11-5-3-4-6-12(11)16(20)22;/h10-12,17H,3-9H2,1-2H3;1H. The summed E-state index contributed by atoms with van der Waals surface area (Å²) in [4.78, 5) is 30.5. The monoisotopic (exact) mass is 356 g/mol. The topological polar surface area (TPSA) is 88.3 Å². The molecular formula is C16H25ClN4O3. The maximum atomic E-state index is 12.4. The molecule has 3 atom stereocenters. The van der Waals surface area contributed by atoms with Crippen LogP contribution in [0.25, 0.3) is 0 Å². The largest absolute Gasteiger partial charge is 0.339 e. The molecule has 0 radical (unpaired) electrons. The fourth-order valence-corrected chi connectivity index (χ4v) is 3.51. The average molecular weight is 357 g/mol. The molecule has 24 heavy (non-hydrogen) atoms. The number of aromatic nitrogens is 2. The zero-order valence-corrected chi connectivity index (χ0v) is 15.0. The van der Waals surface area contributed by atoms with Crippen LogP contribution in [-0.4, -0.2) is 46.5 Å². The smallest absolute Gasteiger partial charge is 0.233 e. The Hall–Kier alpha value is -1.47. The van der Waals surface area contributed by atoms with Crippen LogP contribution >= 0.6 is 12.4 Å². The third-order valence-corrected chi connectivity index (χ3v) is 4.97. The van der Waals surface area contributed by atoms with Gasteiger partial charge >= 0.3 is 0 Å². The van der Waals surface area contributed by atoms with Crippen molar-refractivity contribution < 1.29 is 14.1 Å². The predicted octanol–water partition coefficient (Wildman–Crippen LogP) is 1.36. The third kappa shape index (κ3) is 3.78. The van der Waals surface area contributed by atoms with Crippen LogP contribution in [0.15, 0.2) is 4.52 Å². The van der Waals surface area contributed by atoms with Crippen molar-refractivity contribution >= 4 is 24.2 Å². The van der Waals surface area contributed by atoms with Crippen LogP contribution in [0, 0.1) is 11.8 Å². The molecule has 1 aromatic heterocycles. The Morgan fingerprint density at radius 3 is 2.46 bits per heavy atom. The summed E-state index contributed by atoms with van der Waals surface area (Å²) in [5, 5.41) is 7.07. The van der Waals surface area contributed by atoms with Gasteiger partial charge in [0.15, 0.2) is 5.82 Å². The Labute approximate surface area is 147 Å². The van der Waals surface area contributed by atoms with E-state index in [0.29, 0.717) is 31.1 Å². The van der Waals surface area contributed by atoms with Crippen molar-refractivity contribution in [1.82, 2.24) is 20.4 Å². The first kappa shape index (κ1) is 18.9. The molecule has 134 valence electrons. The van der Waals surface area contributed by atoms with Gasteiger partial charge in [0.2, 0.25) is 17.7 Å². The van der Waals surface area contributed by atoms with E-state index in [-0.39, 0.29) is 42.1 Å². The summed E-state index contributed by atoms with van der Waals surface area (Å²) >= 11 is 0. The van der Waals surface area contributed by atoms with Gasteiger partial charge in [0.05, 0.1) is 11.8 Å². The molecule has 0 aromatic carbocycles. The zero-order chi connectivity index (χ0) is 16.4. The van der Waals surface area contributed by atoms with E-state index in [1.54, 1.807) is 0 Å². The predicted molar refractivity (Wildman–Crippen MR) is 89.6 cm³/mol. The van der Waals surface area contributed by atoms with Crippen LogP contribution in [0.3, 0.4) is 0 Å². The normalized spacial score (nSPS) is 24.7. The number of nitrogens with zero attached hydrogens (tertiary/aromatic N) is 3. The van der Waals surface area contributed by atoms with E-state index < -0.39 is 0 Å². The molecule has 2 amide bonds. The molecule has 1 saturated heterocycles. The van der Waals surface area contributed by atoms with Crippen LogP contribution < -0.4 is 5.32 Å². The zero-order valence-electron chi connectivity index (χ0n) is 14.2. The van der Waals surface area contributed by atoms with E-state index in [0.717, 1.165) is 25.7 Å². The molecule has 3 unspecified atom stereocenters. The van der Waals surface area contributed by atoms with E-state index in [4.69, 9.17) is 4.52 Å². The second-order valence-electron chi connectivity index (χ2n) is 6.57. The summed E-state index contributed by atoms with van der Waals surface area (Å²) in [7, 11) is 1.88. The van der Waals surface area contributed by atoms with Gasteiger partial charge in [0, 0.05) is 25.4 Å². The van der Waals surface area contributed by atoms with E-state index in [9.17, 15) is 9.59 Å². The van der Waals surface area contributed by atoms with Crippen LogP contribution in [0.5, 0.6) is 0 Å². The molecule has 0 bridgehead atoms. The van der Waals surface area contributed by atoms with Gasteiger partial charge in [-0.25, -0.2) is 0 Å². The molecule has 8 heteroatoms. The highest BCUT2D eigenvalue weighted by Gasteiger charge is 2.47. The highest BCUT2D eigenvalue weighted by Crippen LogP contribution is 2.37. The van der Waals surface area contributed by atoms with Crippen molar-refractivity contribution in [3.05, 3.63) is 11.7 Å². The number of likely N-dealkylation sites (tertiary alicyclic amines) is 1. The molecule has 1 saturated carbocycles. The number of rotatable bonds is 6. The molecule has 1 aliphatic heterocycles. The van der Waals surface area contributed by atoms with Gasteiger partial charge in [-0.15, -0.1) is 12.4 Å². The second kappa shape index (κ2) is 8.07. The number of carbonyl (C=O) groups is 2. The first-order valence-electron chi connectivity index (χ1n) is 8.44. The Bertz CT molecular complexity index is 568. The number of nitrogens with one attached hydrogen (secondary N) is 1. The van der Waals surface area contributed by atoms with Gasteiger partial charge in [0.25, 0.3) is 0 Å². The molecule has 7 nitrogen and oxygen atoms in total. The Morgan fingerprint density at radius 2 is 1.88 bits per heavy atom. The molecule has 3 rings (SSSR count). The number of imide groups is 1. The molecule has 2 aliphatic rings. The number of amides is 2. The fraction of sp³-hybridized carbons (Fsp3) is 0.750. The van der Waals surface area contributed by atoms with Crippen molar-refractivity contribution in [2.45, 2.75) is 51.5 Å². The number of likely N-dealkylation sites (N-methyl/N-ethyl adjacent to an activating group) is 1. The van der Waals surface area contributed by atoms with Gasteiger partial charge in [0.1, 0.15) is 0 Å². The van der Waals surface area contributed by atoms with E-state index in [1.165, 1.54) is 4.90 Å². The SMILES string of the molecule is CNC(C)Cc1noc(CCN2C(=O)C3CCCCC3C2=O)n1.Cl. The lowest BCUT2D eigenvalue weighted by molar-refractivity contribution is -0.139. The van der Waals surface area contributed by atoms with Gasteiger partial charge < -0.3 is 9.84 Å². The number of hydrogen-bond donors (Lipinski definition) is 1. The van der Waals surface area contributed by atoms with Crippen LogP contribution in [0.1, 0.15) is 44.3 Å². The Kier molecular flexibility index (Phi) is 6.34. The number of halogens is 1. The van der Waals surface area contributed by atoms with Gasteiger partial charge in [-0.1, -0.05) is 18.0 Å². The Balaban J connectivity index is 0.00000208. The highest BCUT2D eigenvalue weighted by atomic mass is 35.5. The molecule has 0 spiro atoms. The molecule has 1 aromatic rings. The van der Waals surface area contributed by atoms with Crippen LogP contribution in [0.2, 0.25) is 0 Å². The van der Waals surface area contributed by atoms with Crippen molar-refractivity contribution in [2.75, 3.05) is 13.6 Å². The van der Waals surface area contributed by atoms with E-state index in [1.807, 2.05) is 14.0 Å². The maximum Gasteiger partial charge on any atom is 0.233 e. The van der Waals surface area contributed by atoms with Crippen LogP contribution in [0.4, 0.5) is 0 Å². The molecular weight excluding hydrogens is 332 g/mol. The lowest BCUT2D eigenvalue weighted by Crippen LogP contribution is -2.33. The quantitative estimate of drug-likeness (QED) is 0.774. The van der Waals surface area contributed by atoms with Crippen LogP contribution in [-0.2, 0) is 22.4 Å². The first-order valence-corrected chi connectivity index (χ1v) is 8.44. The molecule has 2 fully saturated rings. The van der Waals surface area contributed by atoms with Crippen molar-refractivity contribution in [3.63, 3.8) is 0 Å². The summed E-state index contributed by atoms with van der Waals surface area (Å²) in [6, 6.07) is 0.269. The minimum atomic E-state index is -0.0917. The van der Waals surface area contributed by atoms with Crippen molar-refractivity contribution in [2.24, 2.45) is 11.8 Å². The van der Waals surface area contributed by atoms with Crippen molar-refractivity contribution in [3.8, 4) is 0 Å². The third-order valence-electron chi connectivity index (χ3n) is 4.97. The number of fused-ring (bicyclic) bond motifs is 1. The lowest BCUT2D eigenvalue weighted by atomic mass is 9.81. The van der Waals surface area contributed by atoms with Crippen molar-refractivity contribution in [1.29, 1.82) is 0 Å². The summed E-state index contributed by atoms with van der Waals surface area (Å²) in [6.45, 7) is 2.38. The summed E-state index contributed by atoms with van der Waals surface area (Å²) < 4.78 is 5.22. The van der Waals surface area contributed by atoms with Gasteiger partial charge in [-0.05, 0) is 26.8 Å². The second-order valence-corrected chi connectivity index (χ2v) is 6.57. The van der Waals surface area contributed by atoms with Gasteiger partial charge in [-0.3, -0.25) is 14.5 Å². The Morgan fingerprint density at radius 1 is 1.25 bits per heavy atom. The van der Waals surface area contributed by atoms with Gasteiger partial charge in [-0.2, -0.15) is 4.98 Å². The fourth-order valence-electron chi connectivity index (χ4n) is 3.51. The molecule has 1 N–H and O–H groups in total. The highest BCUT2D eigenvalue weighted by molar-refractivity contribution is 6.05. The molecule has 2 heterocycles. The summed E-state index contributed by atoms with van der Waals surface area (Å²) in [6.07, 6.45) is 4.90. The first-order chi connectivity index (χ1) is 11.1. The molecule has 1 aliphatic carbocycles. The average Bonchev–Trinajstić information content (AvgIpc) is 3.10. The van der Waals surface area contributed by atoms with E-state index in [2.05, 4.69) is 15.5 Å². The summed E-state index contributed by atoms with van der Waals surface area (Å²) in [5.74, 6) is 0.928. The minimum Gasteiger partial charge on any atom is -0.339 e. The maximum absolute atomic E-state index is 12.4. The summed E-state index contributed by atoms with van der Waals surface area (Å²) in [5.41, 5.74) is 0. The van der Waals surface area contributed by atoms with E-state index >= 15 is 0 Å². The number of carbonyl (C=O) groups excluding carboxylic acids is 2.